The van der Waals surface area contributed by atoms with E-state index in [4.69, 9.17) is 14.2 Å². The van der Waals surface area contributed by atoms with E-state index in [-0.39, 0.29) is 25.2 Å². The fourth-order valence-corrected chi connectivity index (χ4v) is 6.88. The summed E-state index contributed by atoms with van der Waals surface area (Å²) in [5.74, 6) is -0.447. The van der Waals surface area contributed by atoms with Crippen LogP contribution < -0.4 is 0 Å². The van der Waals surface area contributed by atoms with Crippen LogP contribution in [0.4, 0.5) is 0 Å². The first-order chi connectivity index (χ1) is 31.6. The third-order valence-electron chi connectivity index (χ3n) is 10.8. The van der Waals surface area contributed by atoms with E-state index >= 15 is 0 Å². The Kier molecular flexibility index (Phi) is 51.0. The molecule has 364 valence electrons. The van der Waals surface area contributed by atoms with Crippen LogP contribution in [0.2, 0.25) is 0 Å². The first-order valence-electron chi connectivity index (χ1n) is 26.4. The first kappa shape index (κ1) is 60.6. The monoisotopic (exact) mass is 887 g/mol. The van der Waals surface area contributed by atoms with Gasteiger partial charge in [0.15, 0.2) is 6.10 Å². The van der Waals surface area contributed by atoms with Crippen molar-refractivity contribution >= 4 is 11.9 Å². The minimum Gasteiger partial charge on any atom is -0.462 e. The number of unbranched alkanes of at least 4 members (excludes halogenated alkanes) is 18. The molecule has 0 saturated carbocycles. The molecule has 0 rings (SSSR count). The van der Waals surface area contributed by atoms with Crippen LogP contribution in [0.15, 0.2) is 109 Å². The molecule has 0 aromatic carbocycles. The van der Waals surface area contributed by atoms with Crippen LogP contribution in [-0.2, 0) is 23.8 Å². The van der Waals surface area contributed by atoms with Gasteiger partial charge in [-0.1, -0.05) is 207 Å². The molecule has 5 nitrogen and oxygen atoms in total. The Balaban J connectivity index is 4.31. The third-order valence-corrected chi connectivity index (χ3v) is 10.8. The molecular weight excluding hydrogens is 789 g/mol. The summed E-state index contributed by atoms with van der Waals surface area (Å²) in [6.45, 7) is 7.50. The lowest BCUT2D eigenvalue weighted by Crippen LogP contribution is -2.30. The lowest BCUT2D eigenvalue weighted by atomic mass is 10.1. The van der Waals surface area contributed by atoms with Gasteiger partial charge >= 0.3 is 11.9 Å². The molecule has 0 heterocycles. The summed E-state index contributed by atoms with van der Waals surface area (Å²) in [4.78, 5) is 25.4. The van der Waals surface area contributed by atoms with Gasteiger partial charge in [-0.3, -0.25) is 9.59 Å². The number of hydrogen-bond donors (Lipinski definition) is 0. The van der Waals surface area contributed by atoms with Gasteiger partial charge in [0.05, 0.1) is 6.61 Å². The van der Waals surface area contributed by atoms with Crippen LogP contribution in [0.3, 0.4) is 0 Å². The van der Waals surface area contributed by atoms with Crippen molar-refractivity contribution in [1.82, 2.24) is 0 Å². The number of allylic oxidation sites excluding steroid dienone is 18. The maximum atomic E-state index is 12.8. The zero-order valence-corrected chi connectivity index (χ0v) is 41.8. The van der Waals surface area contributed by atoms with Gasteiger partial charge in [-0.15, -0.1) is 0 Å². The Morgan fingerprint density at radius 1 is 0.359 bits per heavy atom. The number of ether oxygens (including phenoxy) is 3. The van der Waals surface area contributed by atoms with Crippen molar-refractivity contribution < 1.29 is 23.8 Å². The highest BCUT2D eigenvalue weighted by Gasteiger charge is 2.17. The third kappa shape index (κ3) is 51.2. The number of esters is 2. The van der Waals surface area contributed by atoms with Crippen LogP contribution in [0.1, 0.15) is 226 Å². The van der Waals surface area contributed by atoms with E-state index in [2.05, 4.69) is 130 Å². The maximum absolute atomic E-state index is 12.8. The molecule has 0 saturated heterocycles. The van der Waals surface area contributed by atoms with E-state index in [1.165, 1.54) is 64.2 Å². The van der Waals surface area contributed by atoms with Gasteiger partial charge in [0.25, 0.3) is 0 Å². The first-order valence-corrected chi connectivity index (χ1v) is 26.4. The predicted molar refractivity (Wildman–Crippen MR) is 279 cm³/mol. The van der Waals surface area contributed by atoms with Gasteiger partial charge < -0.3 is 14.2 Å². The Bertz CT molecular complexity index is 1280. The standard InChI is InChI=1S/C59H98O5/c1-4-7-10-13-16-19-22-24-26-28-29-30-32-34-36-39-42-45-48-51-54-62-55-57(64-59(61)53-50-47-44-41-37-21-18-15-12-9-6-3)56-63-58(60)52-49-46-43-40-38-35-33-31-27-25-23-20-17-14-11-8-5-2/h7-8,10-11,15-20,24-27,29-30,33,35,57H,4-6,9,12-14,21-23,28,31-32,34,36-56H2,1-3H3/b10-7-,11-8-,18-15-,19-16-,20-17-,26-24-,27-25-,30-29-,35-33-. The van der Waals surface area contributed by atoms with Gasteiger partial charge in [-0.2, -0.15) is 0 Å². The van der Waals surface area contributed by atoms with Crippen molar-refractivity contribution in [2.75, 3.05) is 19.8 Å². The van der Waals surface area contributed by atoms with Crippen LogP contribution in [0.5, 0.6) is 0 Å². The van der Waals surface area contributed by atoms with Crippen LogP contribution in [-0.4, -0.2) is 37.9 Å². The van der Waals surface area contributed by atoms with E-state index in [9.17, 15) is 9.59 Å². The fourth-order valence-electron chi connectivity index (χ4n) is 6.88. The van der Waals surface area contributed by atoms with Crippen molar-refractivity contribution in [3.05, 3.63) is 109 Å². The van der Waals surface area contributed by atoms with Gasteiger partial charge in [0, 0.05) is 19.4 Å². The molecule has 0 spiro atoms. The SMILES string of the molecule is CC/C=C\C/C=C\C/C=C\C/C=C\CCCCCCCCCOCC(COC(=O)CCCCCC/C=C\C/C=C\C/C=C\C/C=C\CC)OC(=O)CCCCCCC/C=C\CCCC. The summed E-state index contributed by atoms with van der Waals surface area (Å²) >= 11 is 0. The fraction of sp³-hybridized carbons (Fsp3) is 0.661. The normalized spacial score (nSPS) is 13.1. The summed E-state index contributed by atoms with van der Waals surface area (Å²) in [7, 11) is 0. The summed E-state index contributed by atoms with van der Waals surface area (Å²) in [5.41, 5.74) is 0. The second-order valence-corrected chi connectivity index (χ2v) is 17.0. The van der Waals surface area contributed by atoms with Crippen LogP contribution in [0.25, 0.3) is 0 Å². The Morgan fingerprint density at radius 2 is 0.703 bits per heavy atom. The average Bonchev–Trinajstić information content (AvgIpc) is 3.30. The Morgan fingerprint density at radius 3 is 1.14 bits per heavy atom. The quantitative estimate of drug-likeness (QED) is 0.0346. The van der Waals surface area contributed by atoms with Crippen molar-refractivity contribution in [2.45, 2.75) is 232 Å². The minimum atomic E-state index is -0.563. The molecule has 5 heteroatoms. The smallest absolute Gasteiger partial charge is 0.306 e. The van der Waals surface area contributed by atoms with Crippen LogP contribution >= 0.6 is 0 Å². The molecule has 0 aromatic rings. The minimum absolute atomic E-state index is 0.0586. The molecule has 1 atom stereocenters. The lowest BCUT2D eigenvalue weighted by Gasteiger charge is -2.18. The molecule has 0 aliphatic rings. The van der Waals surface area contributed by atoms with Gasteiger partial charge in [-0.25, -0.2) is 0 Å². The second kappa shape index (κ2) is 53.9. The van der Waals surface area contributed by atoms with Gasteiger partial charge in [0.1, 0.15) is 6.61 Å². The summed E-state index contributed by atoms with van der Waals surface area (Å²) < 4.78 is 17.4. The number of carbonyl (C=O) groups excluding carboxylic acids is 2. The van der Waals surface area contributed by atoms with Crippen LogP contribution in [0, 0.1) is 0 Å². The zero-order valence-electron chi connectivity index (χ0n) is 41.8. The van der Waals surface area contributed by atoms with Crippen molar-refractivity contribution in [1.29, 1.82) is 0 Å². The number of rotatable bonds is 47. The number of hydrogen-bond acceptors (Lipinski definition) is 5. The Labute approximate surface area is 395 Å². The van der Waals surface area contributed by atoms with E-state index in [0.29, 0.717) is 19.4 Å². The van der Waals surface area contributed by atoms with Crippen molar-refractivity contribution in [3.8, 4) is 0 Å². The van der Waals surface area contributed by atoms with E-state index in [0.717, 1.165) is 128 Å². The Hall–Kier alpha value is -3.44. The highest BCUT2D eigenvalue weighted by atomic mass is 16.6. The molecule has 0 N–H and O–H groups in total. The van der Waals surface area contributed by atoms with Crippen molar-refractivity contribution in [3.63, 3.8) is 0 Å². The molecule has 64 heavy (non-hydrogen) atoms. The van der Waals surface area contributed by atoms with E-state index < -0.39 is 6.10 Å². The topological polar surface area (TPSA) is 61.8 Å². The summed E-state index contributed by atoms with van der Waals surface area (Å²) in [5, 5.41) is 0. The maximum Gasteiger partial charge on any atom is 0.306 e. The second-order valence-electron chi connectivity index (χ2n) is 17.0. The molecule has 0 aliphatic heterocycles. The largest absolute Gasteiger partial charge is 0.462 e. The van der Waals surface area contributed by atoms with E-state index in [1.807, 2.05) is 0 Å². The molecule has 1 unspecified atom stereocenters. The molecular formula is C59H98O5. The highest BCUT2D eigenvalue weighted by molar-refractivity contribution is 5.70. The summed E-state index contributed by atoms with van der Waals surface area (Å²) in [6, 6.07) is 0. The zero-order chi connectivity index (χ0) is 46.3. The molecule has 0 aliphatic carbocycles. The molecule has 0 bridgehead atoms. The van der Waals surface area contributed by atoms with Gasteiger partial charge in [-0.05, 0) is 116 Å². The molecule has 0 aromatic heterocycles. The van der Waals surface area contributed by atoms with Gasteiger partial charge in [0.2, 0.25) is 0 Å². The lowest BCUT2D eigenvalue weighted by molar-refractivity contribution is -0.163. The average molecular weight is 887 g/mol. The molecule has 0 fully saturated rings. The predicted octanol–water partition coefficient (Wildman–Crippen LogP) is 18.0. The molecule has 0 radical (unpaired) electrons. The van der Waals surface area contributed by atoms with E-state index in [1.54, 1.807) is 0 Å². The van der Waals surface area contributed by atoms with Crippen molar-refractivity contribution in [2.24, 2.45) is 0 Å². The molecule has 0 amide bonds. The highest BCUT2D eigenvalue weighted by Crippen LogP contribution is 2.13. The number of carbonyl (C=O) groups is 2. The summed E-state index contributed by atoms with van der Waals surface area (Å²) in [6.07, 6.45) is 73.9.